The number of amides is 3. The zero-order chi connectivity index (χ0) is 30.9. The number of rotatable bonds is 10. The molecule has 7 nitrogen and oxygen atoms in total. The van der Waals surface area contributed by atoms with Gasteiger partial charge in [-0.05, 0) is 72.8 Å². The Balaban J connectivity index is 1.19. The number of anilines is 2. The van der Waals surface area contributed by atoms with E-state index in [4.69, 9.17) is 0 Å². The molecule has 4 aromatic carbocycles. The van der Waals surface area contributed by atoms with Crippen LogP contribution in [0.5, 0.6) is 0 Å². The molecule has 5 rings (SSSR count). The molecule has 3 amide bonds. The topological polar surface area (TPSA) is 100 Å². The summed E-state index contributed by atoms with van der Waals surface area (Å²) in [5.74, 6) is -2.15. The van der Waals surface area contributed by atoms with E-state index in [9.17, 15) is 23.2 Å². The summed E-state index contributed by atoms with van der Waals surface area (Å²) in [6, 6.07) is 27.0. The molecule has 0 unspecified atom stereocenters. The van der Waals surface area contributed by atoms with Crippen molar-refractivity contribution in [3.8, 4) is 11.3 Å². The minimum atomic E-state index is -0.638. The number of benzene rings is 4. The van der Waals surface area contributed by atoms with Gasteiger partial charge in [-0.3, -0.25) is 14.4 Å². The van der Waals surface area contributed by atoms with E-state index in [1.807, 2.05) is 0 Å². The summed E-state index contributed by atoms with van der Waals surface area (Å²) in [7, 11) is 0. The molecule has 3 N–H and O–H groups in total. The van der Waals surface area contributed by atoms with E-state index in [1.54, 1.807) is 78.2 Å². The van der Waals surface area contributed by atoms with Gasteiger partial charge in [0.1, 0.15) is 17.3 Å². The fourth-order valence-corrected chi connectivity index (χ4v) is 5.35. The van der Waals surface area contributed by atoms with E-state index >= 15 is 0 Å². The minimum Gasteiger partial charge on any atom is -0.321 e. The van der Waals surface area contributed by atoms with Crippen LogP contribution in [0, 0.1) is 11.6 Å². The van der Waals surface area contributed by atoms with Crippen LogP contribution < -0.4 is 16.0 Å². The molecule has 220 valence electrons. The van der Waals surface area contributed by atoms with Gasteiger partial charge in [0.05, 0.1) is 11.4 Å². The standard InChI is InChI=1S/C33H24F2N4O3S2/c34-24-12-10-21(11-13-24)29-19-44-33(38-29)39-30(40)20-43-26-16-14-25(15-17-26)36-32(42)28(18-23-8-4-5-9-27(23)35)37-31(41)22-6-2-1-3-7-22/h1-19H,20H2,(H,36,42)(H,37,41)(H,38,39,40)/b28-18-. The summed E-state index contributed by atoms with van der Waals surface area (Å²) in [4.78, 5) is 43.6. The number of aromatic nitrogens is 1. The number of nitrogens with zero attached hydrogens (tertiary/aromatic N) is 1. The van der Waals surface area contributed by atoms with Crippen molar-refractivity contribution in [3.05, 3.63) is 137 Å². The molecule has 1 heterocycles. The molecule has 0 radical (unpaired) electrons. The maximum absolute atomic E-state index is 14.3. The van der Waals surface area contributed by atoms with Gasteiger partial charge in [-0.25, -0.2) is 13.8 Å². The molecule has 0 aliphatic heterocycles. The Morgan fingerprint density at radius 1 is 0.818 bits per heavy atom. The highest BCUT2D eigenvalue weighted by atomic mass is 32.2. The number of halogens is 2. The van der Waals surface area contributed by atoms with E-state index in [0.717, 1.165) is 10.5 Å². The molecule has 0 saturated heterocycles. The third-order valence-corrected chi connectivity index (χ3v) is 7.88. The first kappa shape index (κ1) is 30.3. The molecule has 11 heteroatoms. The molecular weight excluding hydrogens is 603 g/mol. The summed E-state index contributed by atoms with van der Waals surface area (Å²) in [6.45, 7) is 0. The van der Waals surface area contributed by atoms with Crippen LogP contribution in [0.3, 0.4) is 0 Å². The Bertz CT molecular complexity index is 1810. The lowest BCUT2D eigenvalue weighted by atomic mass is 10.1. The van der Waals surface area contributed by atoms with Crippen LogP contribution in [-0.4, -0.2) is 28.5 Å². The third kappa shape index (κ3) is 8.24. The number of nitrogens with one attached hydrogen (secondary N) is 3. The third-order valence-electron chi connectivity index (χ3n) is 6.11. The molecule has 0 saturated carbocycles. The van der Waals surface area contributed by atoms with Crippen LogP contribution in [0.25, 0.3) is 17.3 Å². The van der Waals surface area contributed by atoms with Gasteiger partial charge in [-0.2, -0.15) is 0 Å². The molecule has 1 aromatic heterocycles. The van der Waals surface area contributed by atoms with Gasteiger partial charge in [0.25, 0.3) is 11.8 Å². The molecule has 5 aromatic rings. The monoisotopic (exact) mass is 626 g/mol. The predicted octanol–water partition coefficient (Wildman–Crippen LogP) is 7.23. The Morgan fingerprint density at radius 2 is 1.52 bits per heavy atom. The van der Waals surface area contributed by atoms with Crippen molar-refractivity contribution in [2.75, 3.05) is 16.4 Å². The number of carbonyl (C=O) groups is 3. The van der Waals surface area contributed by atoms with Crippen molar-refractivity contribution in [2.24, 2.45) is 0 Å². The second kappa shape index (κ2) is 14.4. The van der Waals surface area contributed by atoms with E-state index in [-0.39, 0.29) is 28.7 Å². The van der Waals surface area contributed by atoms with Gasteiger partial charge >= 0.3 is 0 Å². The van der Waals surface area contributed by atoms with Crippen molar-refractivity contribution >= 4 is 57.7 Å². The molecule has 0 fully saturated rings. The lowest BCUT2D eigenvalue weighted by molar-refractivity contribution is -0.114. The number of hydrogen-bond acceptors (Lipinski definition) is 6. The number of hydrogen-bond donors (Lipinski definition) is 3. The SMILES string of the molecule is O=C(CSc1ccc(NC(=O)/C(=C/c2ccccc2F)NC(=O)c2ccccc2)cc1)Nc1nc(-c2ccc(F)cc2)cs1. The molecule has 0 spiro atoms. The Labute approximate surface area is 260 Å². The first-order valence-corrected chi connectivity index (χ1v) is 15.1. The molecule has 44 heavy (non-hydrogen) atoms. The van der Waals surface area contributed by atoms with Crippen molar-refractivity contribution in [1.82, 2.24) is 10.3 Å². The Hall–Kier alpha value is -5.13. The van der Waals surface area contributed by atoms with Gasteiger partial charge in [0, 0.05) is 32.7 Å². The van der Waals surface area contributed by atoms with Gasteiger partial charge < -0.3 is 16.0 Å². The van der Waals surface area contributed by atoms with Crippen LogP contribution in [0.15, 0.2) is 119 Å². The van der Waals surface area contributed by atoms with Crippen molar-refractivity contribution in [1.29, 1.82) is 0 Å². The number of thiazole rings is 1. The average molecular weight is 627 g/mol. The van der Waals surface area contributed by atoms with Crippen LogP contribution in [0.1, 0.15) is 15.9 Å². The van der Waals surface area contributed by atoms with Gasteiger partial charge in [0.2, 0.25) is 5.91 Å². The van der Waals surface area contributed by atoms with E-state index in [0.29, 0.717) is 22.1 Å². The second-order valence-corrected chi connectivity index (χ2v) is 11.2. The zero-order valence-electron chi connectivity index (χ0n) is 22.9. The lowest BCUT2D eigenvalue weighted by Gasteiger charge is -2.12. The fourth-order valence-electron chi connectivity index (χ4n) is 3.91. The second-order valence-electron chi connectivity index (χ2n) is 9.26. The summed E-state index contributed by atoms with van der Waals surface area (Å²) in [6.07, 6.45) is 1.28. The maximum Gasteiger partial charge on any atom is 0.272 e. The quantitative estimate of drug-likeness (QED) is 0.112. The first-order chi connectivity index (χ1) is 21.3. The largest absolute Gasteiger partial charge is 0.321 e. The first-order valence-electron chi connectivity index (χ1n) is 13.2. The van der Waals surface area contributed by atoms with E-state index in [1.165, 1.54) is 59.5 Å². The predicted molar refractivity (Wildman–Crippen MR) is 170 cm³/mol. The molecule has 0 aliphatic rings. The van der Waals surface area contributed by atoms with E-state index < -0.39 is 17.6 Å². The normalized spacial score (nSPS) is 11.1. The summed E-state index contributed by atoms with van der Waals surface area (Å²) in [5.41, 5.74) is 2.17. The maximum atomic E-state index is 14.3. The average Bonchev–Trinajstić information content (AvgIpc) is 3.50. The van der Waals surface area contributed by atoms with Crippen molar-refractivity contribution in [2.45, 2.75) is 4.90 Å². The minimum absolute atomic E-state index is 0.123. The highest BCUT2D eigenvalue weighted by molar-refractivity contribution is 8.00. The smallest absolute Gasteiger partial charge is 0.272 e. The van der Waals surface area contributed by atoms with Crippen LogP contribution >= 0.6 is 23.1 Å². The molecular formula is C33H24F2N4O3S2. The number of carbonyl (C=O) groups excluding carboxylic acids is 3. The Morgan fingerprint density at radius 3 is 2.25 bits per heavy atom. The van der Waals surface area contributed by atoms with Gasteiger partial charge in [0.15, 0.2) is 5.13 Å². The van der Waals surface area contributed by atoms with Crippen LogP contribution in [0.4, 0.5) is 19.6 Å². The van der Waals surface area contributed by atoms with Crippen molar-refractivity contribution in [3.63, 3.8) is 0 Å². The zero-order valence-corrected chi connectivity index (χ0v) is 24.6. The highest BCUT2D eigenvalue weighted by Crippen LogP contribution is 2.26. The summed E-state index contributed by atoms with van der Waals surface area (Å²) < 4.78 is 27.5. The highest BCUT2D eigenvalue weighted by Gasteiger charge is 2.16. The van der Waals surface area contributed by atoms with Crippen molar-refractivity contribution < 1.29 is 23.2 Å². The molecule has 0 aliphatic carbocycles. The van der Waals surface area contributed by atoms with Gasteiger partial charge in [-0.15, -0.1) is 23.1 Å². The van der Waals surface area contributed by atoms with E-state index in [2.05, 4.69) is 20.9 Å². The summed E-state index contributed by atoms with van der Waals surface area (Å²) in [5, 5.41) is 10.3. The molecule has 0 atom stereocenters. The fraction of sp³-hybridized carbons (Fsp3) is 0.0303. The molecule has 0 bridgehead atoms. The van der Waals surface area contributed by atoms with Crippen LogP contribution in [-0.2, 0) is 9.59 Å². The lowest BCUT2D eigenvalue weighted by Crippen LogP contribution is -2.30. The summed E-state index contributed by atoms with van der Waals surface area (Å²) >= 11 is 2.57. The van der Waals surface area contributed by atoms with Crippen LogP contribution in [0.2, 0.25) is 0 Å². The number of thioether (sulfide) groups is 1. The van der Waals surface area contributed by atoms with Gasteiger partial charge in [-0.1, -0.05) is 36.4 Å². The Kier molecular flexibility index (Phi) is 9.90.